The van der Waals surface area contributed by atoms with Gasteiger partial charge in [-0.1, -0.05) is 90.0 Å². The summed E-state index contributed by atoms with van der Waals surface area (Å²) in [5.41, 5.74) is 0. The molecule has 49 heteroatoms. The van der Waals surface area contributed by atoms with E-state index < -0.39 is 398 Å². The minimum absolute atomic E-state index is 0.0954. The molecule has 10 heterocycles. The number of ether oxygens (including phenoxy) is 19. The Morgan fingerprint density at radius 3 is 0.568 bits per heavy atom. The van der Waals surface area contributed by atoms with Crippen molar-refractivity contribution in [2.45, 2.75) is 270 Å². The zero-order valence-corrected chi connectivity index (χ0v) is 81.7. The van der Waals surface area contributed by atoms with Crippen LogP contribution in [0.1, 0.15) is 90.0 Å². The number of aliphatic hydroxyl groups excluding tert-OH is 20. The lowest BCUT2D eigenvalue weighted by molar-refractivity contribution is -0.407. The highest BCUT2D eigenvalue weighted by Gasteiger charge is 2.63. The quantitative estimate of drug-likeness (QED) is 0.0270. The summed E-state index contributed by atoms with van der Waals surface area (Å²) < 4.78 is 109. The van der Waals surface area contributed by atoms with Crippen LogP contribution < -0.4 is 0 Å². The van der Waals surface area contributed by atoms with E-state index in [1.54, 1.807) is 83.1 Å². The van der Waals surface area contributed by atoms with Gasteiger partial charge in [-0.05, 0) is 59.2 Å². The van der Waals surface area contributed by atoms with Crippen LogP contribution in [-0.2, 0) is 90.0 Å². The van der Waals surface area contributed by atoms with Crippen LogP contribution >= 0.6 is 0 Å². The molecule has 49 nitrogen and oxygen atoms in total. The number of rotatable bonds is 43. The molecule has 0 aromatic carbocycles. The van der Waals surface area contributed by atoms with E-state index >= 15 is 0 Å². The van der Waals surface area contributed by atoms with E-state index in [1.807, 2.05) is 0 Å². The van der Waals surface area contributed by atoms with Crippen molar-refractivity contribution >= 4 is 0 Å². The second-order valence-corrected chi connectivity index (χ2v) is 41.1. The number of aliphatic hydroxyl groups is 30. The fourth-order valence-electron chi connectivity index (χ4n) is 21.6. The van der Waals surface area contributed by atoms with Crippen molar-refractivity contribution < 1.29 is 243 Å². The maximum Gasteiger partial charge on any atom is 0.197 e. The normalized spacial score (nSPS) is 50.6. The molecule has 0 bridgehead atoms. The summed E-state index contributed by atoms with van der Waals surface area (Å²) in [6.45, 7) is 6.60. The van der Waals surface area contributed by atoms with Gasteiger partial charge in [-0.3, -0.25) is 0 Å². The Morgan fingerprint density at radius 2 is 0.360 bits per heavy atom. The largest absolute Gasteiger partial charge is 0.394 e. The van der Waals surface area contributed by atoms with Crippen molar-refractivity contribution in [1.29, 1.82) is 0 Å². The first kappa shape index (κ1) is 121. The van der Waals surface area contributed by atoms with E-state index in [2.05, 4.69) is 0 Å². The third kappa shape index (κ3) is 25.8. The van der Waals surface area contributed by atoms with Gasteiger partial charge in [0, 0.05) is 66.3 Å². The van der Waals surface area contributed by atoms with Gasteiger partial charge in [0.25, 0.3) is 0 Å². The molecule has 30 N–H and O–H groups in total. The van der Waals surface area contributed by atoms with E-state index in [9.17, 15) is 153 Å². The third-order valence-electron chi connectivity index (χ3n) is 32.7. The molecule has 50 atom stereocenters. The lowest BCUT2D eigenvalue weighted by Gasteiger charge is -2.51. The molecule has 10 fully saturated rings. The fourth-order valence-corrected chi connectivity index (χ4v) is 21.6. The summed E-state index contributed by atoms with van der Waals surface area (Å²) >= 11 is 0. The monoisotopic (exact) mass is 2030 g/mol. The zero-order chi connectivity index (χ0) is 104. The van der Waals surface area contributed by atoms with Crippen LogP contribution in [0.15, 0.2) is 0 Å². The van der Waals surface area contributed by atoms with Crippen molar-refractivity contribution in [2.75, 3.05) is 179 Å². The number of hydrogen-bond acceptors (Lipinski definition) is 49. The van der Waals surface area contributed by atoms with Gasteiger partial charge in [0.1, 0.15) is 67.6 Å². The van der Waals surface area contributed by atoms with Crippen molar-refractivity contribution in [3.8, 4) is 0 Å². The third-order valence-corrected chi connectivity index (χ3v) is 32.7. The standard InChI is InChI=1S/C54H98O29.C36H66O20/c1-25-31(7)49(66,19-55)78-38(42(25)60)15-73-11-34-28(4)45(63)40(81-52(34,69)22-58)17-76-13-36-29(5)46(64)41(18-74-10-33-27(3)44(62)37(14-72-9)80-51(33,68)21-57)82-54(36,71)24-77-48-47(65)30(6)35(53(70,23-59)83-48)12-75-16-39-43(61)26(2)32(8)50(67,20-56)79-39;1-17-21(5)33(46,13-38)54-26(29(17)42)10-50-8-23-19(3)31(44)28(56-35(23,48)15-40)12-52-9-24-20(4)32(45)27(55-36(24,49)16-41)11-51-7-22-18(2)30(43)25(6-37)53-34(22,47)14-39/h25-48,55-71H,10-24H2,1-9H3;17-32,37-49H,6-16H2,1-5H3/t25-,26-,27-,28-,29-,30-,31+,32+,33+,34+,35+,36+,37-,38-,39-,40-,41-,42?,43?,44?,45?,46?,47?,48+,49?,50?,51?,52?,53?,54?;17-,18-,19-,20-,21+,22+,23+,24+,25-,26-,27-,28-,29?,30?,31?,32?,33?,34?,35?,36?/m11/s1. The molecular formula is C90H164O49. The first-order chi connectivity index (χ1) is 65.0. The second-order valence-electron chi connectivity index (χ2n) is 41.1. The predicted octanol–water partition coefficient (Wildman–Crippen LogP) is -11.3. The summed E-state index contributed by atoms with van der Waals surface area (Å²) in [4.78, 5) is 0. The predicted molar refractivity (Wildman–Crippen MR) is 466 cm³/mol. The van der Waals surface area contributed by atoms with Gasteiger partial charge >= 0.3 is 0 Å². The molecular weight excluding hydrogens is 1860 g/mol. The average Bonchev–Trinajstić information content (AvgIpc) is 0.753. The van der Waals surface area contributed by atoms with Crippen LogP contribution in [0.4, 0.5) is 0 Å². The van der Waals surface area contributed by atoms with Crippen LogP contribution in [0.25, 0.3) is 0 Å². The molecule has 0 spiro atoms. The lowest BCUT2D eigenvalue weighted by atomic mass is 9.78. The first-order valence-electron chi connectivity index (χ1n) is 48.1. The van der Waals surface area contributed by atoms with Crippen molar-refractivity contribution in [3.63, 3.8) is 0 Å². The number of hydrogen-bond donors (Lipinski definition) is 30. The molecule has 139 heavy (non-hydrogen) atoms. The molecule has 20 unspecified atom stereocenters. The summed E-state index contributed by atoms with van der Waals surface area (Å²) in [5, 5.41) is 325. The zero-order valence-electron chi connectivity index (χ0n) is 81.7. The molecule has 0 amide bonds. The highest BCUT2D eigenvalue weighted by atomic mass is 16.8. The van der Waals surface area contributed by atoms with Crippen LogP contribution in [0, 0.1) is 118 Å². The highest BCUT2D eigenvalue weighted by molar-refractivity contribution is 5.04. The van der Waals surface area contributed by atoms with Crippen LogP contribution in [0.3, 0.4) is 0 Å². The van der Waals surface area contributed by atoms with Crippen LogP contribution in [-0.4, -0.2) is 512 Å². The molecule has 0 saturated carbocycles. The first-order valence-corrected chi connectivity index (χ1v) is 48.1. The van der Waals surface area contributed by atoms with Gasteiger partial charge in [0.05, 0.1) is 220 Å². The Hall–Kier alpha value is -1.96. The topological polar surface area (TPSA) is 782 Å². The van der Waals surface area contributed by atoms with Crippen molar-refractivity contribution in [1.82, 2.24) is 0 Å². The summed E-state index contributed by atoms with van der Waals surface area (Å²) in [6, 6.07) is 0. The van der Waals surface area contributed by atoms with Gasteiger partial charge in [-0.25, -0.2) is 0 Å². The molecule has 10 saturated heterocycles. The Bertz CT molecular complexity index is 3650. The van der Waals surface area contributed by atoms with Crippen molar-refractivity contribution in [3.05, 3.63) is 0 Å². The van der Waals surface area contributed by atoms with E-state index in [0.29, 0.717) is 0 Å². The minimum Gasteiger partial charge on any atom is -0.394 e. The maximum absolute atomic E-state index is 12.7. The molecule has 0 aliphatic carbocycles. The van der Waals surface area contributed by atoms with E-state index in [4.69, 9.17) is 90.0 Å². The van der Waals surface area contributed by atoms with E-state index in [-0.39, 0.29) is 72.7 Å². The molecule has 10 rings (SSSR count). The molecule has 0 radical (unpaired) electrons. The Balaban J connectivity index is 0.000000335. The molecule has 10 aliphatic rings. The maximum atomic E-state index is 12.7. The van der Waals surface area contributed by atoms with Crippen LogP contribution in [0.2, 0.25) is 0 Å². The SMILES string of the molecule is COC[C@H]1OC(O)(CO)[C@@H](COC[C@H]2OC(O)(CO[C@H]3OC(O)(CO)[C@@H](COC[C@H]4OC(O)(CO)[C@@H](C)[C@@H](C)C4O)[C@@H](C)C3O)[C@@H](COC[C@H]3OC(O)(CO)[C@@H](COC[C@H]4OC(O)(CO)[C@@H](C)[C@@H](C)C4O)[C@@H](C)C3O)[C@@H](C)C2O)[C@@H](C)C1O.C[C@H]1C(O)[C@@H](COC[C@H]2[C@@H](C)C(O)[C@@H](COC[C@H]3[C@@H](C)C(O)[C@@H](COC[C@H]4[C@@H](C)C(O)[C@@H](CO)OC4(O)CO)OC3(O)CO)OC2(O)CO)OC(O)(CO)[C@H]1C. The van der Waals surface area contributed by atoms with E-state index in [0.717, 1.165) is 0 Å². The Kier molecular flexibility index (Phi) is 43.3. The summed E-state index contributed by atoms with van der Waals surface area (Å²) in [6.07, 6.45) is -24.8. The average molecular weight is 2030 g/mol. The highest BCUT2D eigenvalue weighted by Crippen LogP contribution is 2.49. The molecule has 0 aromatic rings. The second kappa shape index (κ2) is 49.9. The van der Waals surface area contributed by atoms with E-state index in [1.165, 1.54) is 14.0 Å². The summed E-state index contributed by atoms with van der Waals surface area (Å²) in [5.74, 6) is -38.6. The van der Waals surface area contributed by atoms with Crippen LogP contribution in [0.5, 0.6) is 0 Å². The number of methoxy groups -OCH3 is 1. The van der Waals surface area contributed by atoms with Gasteiger partial charge < -0.3 is 243 Å². The summed E-state index contributed by atoms with van der Waals surface area (Å²) in [7, 11) is 1.38. The molecule has 10 aliphatic heterocycles. The smallest absolute Gasteiger partial charge is 0.197 e. The van der Waals surface area contributed by atoms with Gasteiger partial charge in [-0.15, -0.1) is 0 Å². The Labute approximate surface area is 807 Å². The Morgan fingerprint density at radius 1 is 0.194 bits per heavy atom. The molecule has 0 aromatic heterocycles. The lowest BCUT2D eigenvalue weighted by Crippen LogP contribution is -2.65. The van der Waals surface area contributed by atoms with Gasteiger partial charge in [-0.2, -0.15) is 0 Å². The van der Waals surface area contributed by atoms with Gasteiger partial charge in [0.15, 0.2) is 64.2 Å². The minimum atomic E-state index is -2.51. The fraction of sp³-hybridized carbons (Fsp3) is 1.00. The molecule has 818 valence electrons. The van der Waals surface area contributed by atoms with Crippen molar-refractivity contribution in [2.24, 2.45) is 118 Å². The van der Waals surface area contributed by atoms with Gasteiger partial charge in [0.2, 0.25) is 0 Å².